The Morgan fingerprint density at radius 2 is 2.36 bits per heavy atom. The molecule has 1 fully saturated rings. The Balaban J connectivity index is 1.92. The molecule has 0 unspecified atom stereocenters. The molecule has 0 atom stereocenters. The molecule has 2 rings (SSSR count). The standard InChI is InChI=1S/C10H12O4/c11-9(12)8-4-10(13,5-8)3-7-1-2-14-6-7/h1-2,6,8,13H,3-5H2,(H,11,12). The lowest BCUT2D eigenvalue weighted by molar-refractivity contribution is -0.158. The van der Waals surface area contributed by atoms with Gasteiger partial charge in [0, 0.05) is 6.42 Å². The van der Waals surface area contributed by atoms with Gasteiger partial charge in [0.2, 0.25) is 0 Å². The SMILES string of the molecule is O=C(O)C1CC(O)(Cc2ccoc2)C1. The summed E-state index contributed by atoms with van der Waals surface area (Å²) >= 11 is 0. The van der Waals surface area contributed by atoms with Crippen molar-refractivity contribution in [3.05, 3.63) is 24.2 Å². The number of carboxylic acid groups (broad SMARTS) is 1. The van der Waals surface area contributed by atoms with E-state index in [4.69, 9.17) is 9.52 Å². The maximum absolute atomic E-state index is 10.5. The molecule has 0 saturated heterocycles. The molecule has 0 amide bonds. The maximum Gasteiger partial charge on any atom is 0.306 e. The summed E-state index contributed by atoms with van der Waals surface area (Å²) in [6.45, 7) is 0. The first-order valence-electron chi connectivity index (χ1n) is 4.55. The first-order valence-corrected chi connectivity index (χ1v) is 4.55. The highest BCUT2D eigenvalue weighted by Crippen LogP contribution is 2.40. The molecule has 4 heteroatoms. The van der Waals surface area contributed by atoms with Crippen molar-refractivity contribution in [1.29, 1.82) is 0 Å². The van der Waals surface area contributed by atoms with Crippen LogP contribution in [0.2, 0.25) is 0 Å². The van der Waals surface area contributed by atoms with E-state index in [2.05, 4.69) is 0 Å². The van der Waals surface area contributed by atoms with Crippen LogP contribution in [0.25, 0.3) is 0 Å². The third-order valence-electron chi connectivity index (χ3n) is 2.72. The van der Waals surface area contributed by atoms with Crippen molar-refractivity contribution < 1.29 is 19.4 Å². The smallest absolute Gasteiger partial charge is 0.306 e. The van der Waals surface area contributed by atoms with E-state index in [9.17, 15) is 9.90 Å². The number of rotatable bonds is 3. The first-order chi connectivity index (χ1) is 6.59. The zero-order chi connectivity index (χ0) is 10.2. The van der Waals surface area contributed by atoms with Crippen LogP contribution in [0, 0.1) is 5.92 Å². The van der Waals surface area contributed by atoms with Gasteiger partial charge in [0.05, 0.1) is 24.0 Å². The molecule has 0 aliphatic heterocycles. The fourth-order valence-electron chi connectivity index (χ4n) is 1.95. The zero-order valence-electron chi connectivity index (χ0n) is 7.64. The molecule has 2 N–H and O–H groups in total. The average Bonchev–Trinajstić information content (AvgIpc) is 2.51. The van der Waals surface area contributed by atoms with E-state index in [-0.39, 0.29) is 5.92 Å². The Hall–Kier alpha value is -1.29. The minimum Gasteiger partial charge on any atom is -0.481 e. The number of carbonyl (C=O) groups is 1. The van der Waals surface area contributed by atoms with Crippen molar-refractivity contribution in [2.24, 2.45) is 5.92 Å². The second-order valence-corrected chi connectivity index (χ2v) is 3.98. The molecular formula is C10H12O4. The second kappa shape index (κ2) is 3.13. The topological polar surface area (TPSA) is 70.7 Å². The van der Waals surface area contributed by atoms with Crippen LogP contribution in [0.3, 0.4) is 0 Å². The highest BCUT2D eigenvalue weighted by Gasteiger charge is 2.46. The quantitative estimate of drug-likeness (QED) is 0.758. The fraction of sp³-hybridized carbons (Fsp3) is 0.500. The van der Waals surface area contributed by atoms with Crippen molar-refractivity contribution in [1.82, 2.24) is 0 Å². The van der Waals surface area contributed by atoms with Crippen LogP contribution in [0.15, 0.2) is 23.0 Å². The van der Waals surface area contributed by atoms with Gasteiger partial charge in [-0.25, -0.2) is 0 Å². The summed E-state index contributed by atoms with van der Waals surface area (Å²) in [7, 11) is 0. The van der Waals surface area contributed by atoms with Crippen molar-refractivity contribution >= 4 is 5.97 Å². The largest absolute Gasteiger partial charge is 0.481 e. The summed E-state index contributed by atoms with van der Waals surface area (Å²) in [4.78, 5) is 10.5. The van der Waals surface area contributed by atoms with E-state index in [1.54, 1.807) is 18.6 Å². The number of hydrogen-bond donors (Lipinski definition) is 2. The molecule has 1 aromatic heterocycles. The summed E-state index contributed by atoms with van der Waals surface area (Å²) in [5, 5.41) is 18.6. The van der Waals surface area contributed by atoms with E-state index in [1.165, 1.54) is 0 Å². The van der Waals surface area contributed by atoms with Crippen LogP contribution in [-0.2, 0) is 11.2 Å². The minimum absolute atomic E-state index is 0.341. The lowest BCUT2D eigenvalue weighted by atomic mass is 9.68. The van der Waals surface area contributed by atoms with Crippen LogP contribution < -0.4 is 0 Å². The number of aliphatic carboxylic acids is 1. The first kappa shape index (κ1) is 9.27. The predicted molar refractivity (Wildman–Crippen MR) is 47.7 cm³/mol. The summed E-state index contributed by atoms with van der Waals surface area (Å²) in [5.41, 5.74) is 0.0729. The number of aliphatic hydroxyl groups is 1. The Kier molecular flexibility index (Phi) is 2.07. The van der Waals surface area contributed by atoms with Crippen molar-refractivity contribution in [2.75, 3.05) is 0 Å². The Morgan fingerprint density at radius 1 is 1.64 bits per heavy atom. The number of furan rings is 1. The van der Waals surface area contributed by atoms with Crippen molar-refractivity contribution in [3.8, 4) is 0 Å². The molecule has 1 heterocycles. The second-order valence-electron chi connectivity index (χ2n) is 3.98. The molecule has 1 saturated carbocycles. The van der Waals surface area contributed by atoms with Gasteiger partial charge in [0.15, 0.2) is 0 Å². The van der Waals surface area contributed by atoms with Gasteiger partial charge >= 0.3 is 5.97 Å². The van der Waals surface area contributed by atoms with Crippen LogP contribution in [0.1, 0.15) is 18.4 Å². The van der Waals surface area contributed by atoms with Crippen molar-refractivity contribution in [2.45, 2.75) is 24.9 Å². The van der Waals surface area contributed by atoms with E-state index < -0.39 is 11.6 Å². The molecule has 1 aliphatic carbocycles. The van der Waals surface area contributed by atoms with Gasteiger partial charge in [-0.15, -0.1) is 0 Å². The third-order valence-corrected chi connectivity index (χ3v) is 2.72. The van der Waals surface area contributed by atoms with Gasteiger partial charge in [-0.1, -0.05) is 0 Å². The van der Waals surface area contributed by atoms with Crippen LogP contribution >= 0.6 is 0 Å². The van der Waals surface area contributed by atoms with Crippen LogP contribution in [-0.4, -0.2) is 21.8 Å². The Bertz CT molecular complexity index is 322. The monoisotopic (exact) mass is 196 g/mol. The molecule has 4 nitrogen and oxygen atoms in total. The van der Waals surface area contributed by atoms with Crippen LogP contribution in [0.5, 0.6) is 0 Å². The summed E-state index contributed by atoms with van der Waals surface area (Å²) in [5.74, 6) is -1.20. The molecule has 0 radical (unpaired) electrons. The molecule has 1 aliphatic rings. The van der Waals surface area contributed by atoms with Gasteiger partial charge in [0.1, 0.15) is 0 Å². The van der Waals surface area contributed by atoms with Crippen LogP contribution in [0.4, 0.5) is 0 Å². The number of hydrogen-bond acceptors (Lipinski definition) is 3. The third kappa shape index (κ3) is 1.65. The molecule has 0 aromatic carbocycles. The highest BCUT2D eigenvalue weighted by molar-refractivity contribution is 5.71. The molecule has 76 valence electrons. The molecule has 0 spiro atoms. The molecular weight excluding hydrogens is 184 g/mol. The predicted octanol–water partition coefficient (Wildman–Crippen LogP) is 1.05. The Labute approximate surface area is 81.2 Å². The summed E-state index contributed by atoms with van der Waals surface area (Å²) in [6, 6.07) is 1.78. The fourth-order valence-corrected chi connectivity index (χ4v) is 1.95. The lowest BCUT2D eigenvalue weighted by Crippen LogP contribution is -2.48. The van der Waals surface area contributed by atoms with E-state index in [1.807, 2.05) is 0 Å². The van der Waals surface area contributed by atoms with E-state index in [0.29, 0.717) is 19.3 Å². The molecule has 1 aromatic rings. The lowest BCUT2D eigenvalue weighted by Gasteiger charge is -2.41. The molecule has 0 bridgehead atoms. The highest BCUT2D eigenvalue weighted by atomic mass is 16.4. The van der Waals surface area contributed by atoms with Crippen molar-refractivity contribution in [3.63, 3.8) is 0 Å². The van der Waals surface area contributed by atoms with Gasteiger partial charge < -0.3 is 14.6 Å². The summed E-state index contributed by atoms with van der Waals surface area (Å²) in [6.07, 6.45) is 4.28. The van der Waals surface area contributed by atoms with Gasteiger partial charge in [-0.2, -0.15) is 0 Å². The van der Waals surface area contributed by atoms with E-state index >= 15 is 0 Å². The normalized spacial score (nSPS) is 31.1. The van der Waals surface area contributed by atoms with E-state index in [0.717, 1.165) is 5.56 Å². The van der Waals surface area contributed by atoms with Gasteiger partial charge in [-0.3, -0.25) is 4.79 Å². The maximum atomic E-state index is 10.5. The van der Waals surface area contributed by atoms with Gasteiger partial charge in [-0.05, 0) is 24.5 Å². The average molecular weight is 196 g/mol. The van der Waals surface area contributed by atoms with Gasteiger partial charge in [0.25, 0.3) is 0 Å². The number of carboxylic acids is 1. The Morgan fingerprint density at radius 3 is 2.86 bits per heavy atom. The minimum atomic E-state index is -0.840. The molecule has 14 heavy (non-hydrogen) atoms. The summed E-state index contributed by atoms with van der Waals surface area (Å²) < 4.78 is 4.88. The zero-order valence-corrected chi connectivity index (χ0v) is 7.64.